The van der Waals surface area contributed by atoms with Gasteiger partial charge < -0.3 is 25.8 Å². The molecule has 4 N–H and O–H groups in total. The Labute approximate surface area is 137 Å². The third kappa shape index (κ3) is 12.6. The second kappa shape index (κ2) is 8.90. The number of hydrogen-bond acceptors (Lipinski definition) is 5. The molecule has 7 nitrogen and oxygen atoms in total. The Hall–Kier alpha value is -1.57. The summed E-state index contributed by atoms with van der Waals surface area (Å²) in [5.41, 5.74) is 4.24. The number of carbonyl (C=O) groups is 2. The van der Waals surface area contributed by atoms with Crippen LogP contribution in [0.15, 0.2) is 0 Å². The monoisotopic (exact) mass is 335 g/mol. The fourth-order valence-corrected chi connectivity index (χ4v) is 1.59. The van der Waals surface area contributed by atoms with Crippen molar-refractivity contribution < 1.29 is 23.5 Å². The van der Waals surface area contributed by atoms with Gasteiger partial charge in [-0.15, -0.1) is 0 Å². The van der Waals surface area contributed by atoms with Crippen molar-refractivity contribution in [2.75, 3.05) is 13.1 Å². The van der Waals surface area contributed by atoms with Crippen LogP contribution < -0.4 is 16.4 Å². The highest BCUT2D eigenvalue weighted by molar-refractivity contribution is 5.68. The normalized spacial score (nSPS) is 14.6. The maximum atomic E-state index is 13.9. The molecule has 0 rings (SSSR count). The highest BCUT2D eigenvalue weighted by Crippen LogP contribution is 2.09. The lowest BCUT2D eigenvalue weighted by Gasteiger charge is -2.24. The van der Waals surface area contributed by atoms with Gasteiger partial charge in [-0.05, 0) is 41.5 Å². The minimum atomic E-state index is -1.37. The Morgan fingerprint density at radius 3 is 1.96 bits per heavy atom. The van der Waals surface area contributed by atoms with E-state index in [-0.39, 0.29) is 19.5 Å². The predicted molar refractivity (Wildman–Crippen MR) is 86.0 cm³/mol. The Morgan fingerprint density at radius 1 is 1.04 bits per heavy atom. The molecule has 136 valence electrons. The Kier molecular flexibility index (Phi) is 8.30. The number of alkyl halides is 1. The molecule has 0 aliphatic heterocycles. The number of alkyl carbamates (subject to hydrolysis) is 2. The van der Waals surface area contributed by atoms with Gasteiger partial charge in [0.25, 0.3) is 0 Å². The van der Waals surface area contributed by atoms with Crippen molar-refractivity contribution in [1.29, 1.82) is 0 Å². The minimum absolute atomic E-state index is 0.0362. The van der Waals surface area contributed by atoms with Crippen molar-refractivity contribution in [2.24, 2.45) is 5.73 Å². The lowest BCUT2D eigenvalue weighted by atomic mass is 10.1. The van der Waals surface area contributed by atoms with Crippen LogP contribution in [0, 0.1) is 0 Å². The van der Waals surface area contributed by atoms with Crippen LogP contribution in [0.1, 0.15) is 48.0 Å². The summed E-state index contributed by atoms with van der Waals surface area (Å²) < 4.78 is 24.0. The smallest absolute Gasteiger partial charge is 0.407 e. The molecule has 0 fully saturated rings. The maximum Gasteiger partial charge on any atom is 0.407 e. The van der Waals surface area contributed by atoms with Crippen LogP contribution in [-0.2, 0) is 9.47 Å². The lowest BCUT2D eigenvalue weighted by molar-refractivity contribution is 0.0473. The van der Waals surface area contributed by atoms with E-state index >= 15 is 0 Å². The van der Waals surface area contributed by atoms with E-state index in [1.165, 1.54) is 0 Å². The van der Waals surface area contributed by atoms with Gasteiger partial charge >= 0.3 is 12.2 Å². The molecule has 23 heavy (non-hydrogen) atoms. The summed E-state index contributed by atoms with van der Waals surface area (Å²) in [4.78, 5) is 23.1. The van der Waals surface area contributed by atoms with Gasteiger partial charge in [0.2, 0.25) is 0 Å². The fraction of sp³-hybridized carbons (Fsp3) is 0.867. The highest BCUT2D eigenvalue weighted by Gasteiger charge is 2.22. The Bertz CT molecular complexity index is 391. The number of halogens is 1. The first-order valence-electron chi connectivity index (χ1n) is 7.63. The summed E-state index contributed by atoms with van der Waals surface area (Å²) >= 11 is 0. The van der Waals surface area contributed by atoms with E-state index in [2.05, 4.69) is 10.6 Å². The summed E-state index contributed by atoms with van der Waals surface area (Å²) in [6.45, 7) is 10.2. The molecule has 0 unspecified atom stereocenters. The average molecular weight is 335 g/mol. The van der Waals surface area contributed by atoms with Crippen molar-refractivity contribution in [3.05, 3.63) is 0 Å². The predicted octanol–water partition coefficient (Wildman–Crippen LogP) is 2.09. The molecule has 0 aliphatic rings. The first-order valence-corrected chi connectivity index (χ1v) is 7.63. The molecular weight excluding hydrogens is 305 g/mol. The largest absolute Gasteiger partial charge is 0.444 e. The minimum Gasteiger partial charge on any atom is -0.444 e. The van der Waals surface area contributed by atoms with Crippen LogP contribution in [0.25, 0.3) is 0 Å². The van der Waals surface area contributed by atoms with E-state index < -0.39 is 35.6 Å². The van der Waals surface area contributed by atoms with E-state index in [4.69, 9.17) is 15.2 Å². The van der Waals surface area contributed by atoms with Crippen LogP contribution in [-0.4, -0.2) is 48.7 Å². The molecule has 0 bridgehead atoms. The van der Waals surface area contributed by atoms with E-state index in [9.17, 15) is 14.0 Å². The third-order valence-corrected chi connectivity index (χ3v) is 2.41. The summed E-state index contributed by atoms with van der Waals surface area (Å²) in [5.74, 6) is 0. The molecule has 2 amide bonds. The van der Waals surface area contributed by atoms with Gasteiger partial charge in [-0.3, -0.25) is 0 Å². The topological polar surface area (TPSA) is 103 Å². The lowest BCUT2D eigenvalue weighted by Crippen LogP contribution is -2.45. The van der Waals surface area contributed by atoms with Gasteiger partial charge in [0.1, 0.15) is 17.4 Å². The number of nitrogens with two attached hydrogens (primary N) is 1. The number of carbonyl (C=O) groups excluding carboxylic acids is 2. The zero-order valence-corrected chi connectivity index (χ0v) is 14.9. The van der Waals surface area contributed by atoms with Crippen LogP contribution in [0.4, 0.5) is 14.0 Å². The van der Waals surface area contributed by atoms with Gasteiger partial charge in [-0.25, -0.2) is 14.0 Å². The molecule has 0 aliphatic carbocycles. The van der Waals surface area contributed by atoms with Gasteiger partial charge in [0, 0.05) is 19.0 Å². The second-order valence-corrected chi connectivity index (χ2v) is 7.29. The van der Waals surface area contributed by atoms with E-state index in [0.717, 1.165) is 0 Å². The van der Waals surface area contributed by atoms with Crippen molar-refractivity contribution in [3.8, 4) is 0 Å². The molecule has 0 heterocycles. The zero-order chi connectivity index (χ0) is 18.3. The summed E-state index contributed by atoms with van der Waals surface area (Å²) in [6, 6.07) is -0.583. The first kappa shape index (κ1) is 21.4. The van der Waals surface area contributed by atoms with Crippen molar-refractivity contribution in [1.82, 2.24) is 10.6 Å². The number of rotatable bonds is 6. The van der Waals surface area contributed by atoms with Crippen molar-refractivity contribution in [3.63, 3.8) is 0 Å². The molecule has 2 atom stereocenters. The number of nitrogens with one attached hydrogen (secondary N) is 2. The SMILES string of the molecule is CC(C)(C)OC(=O)NC[C@H](F)C[C@H](CN)NC(=O)OC(C)(C)C. The molecule has 0 radical (unpaired) electrons. The van der Waals surface area contributed by atoms with E-state index in [1.807, 2.05) is 0 Å². The Balaban J connectivity index is 4.21. The molecule has 0 spiro atoms. The molecular formula is C15H30FN3O4. The van der Waals surface area contributed by atoms with Gasteiger partial charge in [0.15, 0.2) is 0 Å². The van der Waals surface area contributed by atoms with Crippen LogP contribution in [0.5, 0.6) is 0 Å². The number of ether oxygens (including phenoxy) is 2. The van der Waals surface area contributed by atoms with E-state index in [0.29, 0.717) is 0 Å². The van der Waals surface area contributed by atoms with Crippen LogP contribution >= 0.6 is 0 Å². The van der Waals surface area contributed by atoms with Gasteiger partial charge in [-0.1, -0.05) is 0 Å². The molecule has 0 aromatic carbocycles. The molecule has 0 aromatic rings. The standard InChI is InChI=1S/C15H30FN3O4/c1-14(2,3)22-12(20)18-9-10(16)7-11(8-17)19-13(21)23-15(4,5)6/h10-11H,7-9,17H2,1-6H3,(H,18,20)(H,19,21)/t10-,11-/m1/s1. The summed E-state index contributed by atoms with van der Waals surface area (Å²) in [5, 5.41) is 4.85. The molecule has 0 aromatic heterocycles. The second-order valence-electron chi connectivity index (χ2n) is 7.29. The zero-order valence-electron chi connectivity index (χ0n) is 14.9. The first-order chi connectivity index (χ1) is 10.3. The molecule has 0 saturated heterocycles. The quantitative estimate of drug-likeness (QED) is 0.690. The van der Waals surface area contributed by atoms with Gasteiger partial charge in [0.05, 0.1) is 6.54 Å². The van der Waals surface area contributed by atoms with E-state index in [1.54, 1.807) is 41.5 Å². The third-order valence-electron chi connectivity index (χ3n) is 2.41. The van der Waals surface area contributed by atoms with Crippen molar-refractivity contribution >= 4 is 12.2 Å². The maximum absolute atomic E-state index is 13.9. The van der Waals surface area contributed by atoms with Crippen molar-refractivity contribution in [2.45, 2.75) is 71.4 Å². The molecule has 8 heteroatoms. The number of hydrogen-bond donors (Lipinski definition) is 3. The summed E-state index contributed by atoms with van der Waals surface area (Å²) in [7, 11) is 0. The van der Waals surface area contributed by atoms with Crippen LogP contribution in [0.3, 0.4) is 0 Å². The molecule has 0 saturated carbocycles. The fourth-order valence-electron chi connectivity index (χ4n) is 1.59. The average Bonchev–Trinajstić information content (AvgIpc) is 2.31. The summed E-state index contributed by atoms with van der Waals surface area (Å²) in [6.07, 6.45) is -2.75. The highest BCUT2D eigenvalue weighted by atomic mass is 19.1. The number of amides is 2. The Morgan fingerprint density at radius 2 is 1.52 bits per heavy atom. The van der Waals surface area contributed by atoms with Gasteiger partial charge in [-0.2, -0.15) is 0 Å². The van der Waals surface area contributed by atoms with Crippen LogP contribution in [0.2, 0.25) is 0 Å².